The molecule has 0 unspecified atom stereocenters. The van der Waals surface area contributed by atoms with E-state index in [0.717, 1.165) is 12.1 Å². The maximum atomic E-state index is 13.1. The first kappa shape index (κ1) is 21.7. The summed E-state index contributed by atoms with van der Waals surface area (Å²) in [5, 5.41) is 2.90. The third kappa shape index (κ3) is 4.58. The molecule has 1 aliphatic heterocycles. The highest BCUT2D eigenvalue weighted by Crippen LogP contribution is 2.38. The Morgan fingerprint density at radius 1 is 1.23 bits per heavy atom. The van der Waals surface area contributed by atoms with Crippen molar-refractivity contribution in [3.8, 4) is 11.5 Å². The number of para-hydroxylation sites is 1. The average Bonchev–Trinajstić information content (AvgIpc) is 2.81. The van der Waals surface area contributed by atoms with Crippen LogP contribution in [0.3, 0.4) is 0 Å². The first-order valence-corrected chi connectivity index (χ1v) is 10.3. The SMILES string of the molecule is COc1ccccc1C(=O)Nc1ccc2c(c1)OCC(C)(C)C(=O)N2CCC(C)C. The van der Waals surface area contributed by atoms with E-state index in [4.69, 9.17) is 9.47 Å². The molecule has 1 N–H and O–H groups in total. The Morgan fingerprint density at radius 2 is 1.97 bits per heavy atom. The van der Waals surface area contributed by atoms with Crippen LogP contribution in [-0.4, -0.2) is 32.1 Å². The minimum absolute atomic E-state index is 0.0488. The second-order valence-electron chi connectivity index (χ2n) is 8.65. The molecular formula is C24H30N2O4. The van der Waals surface area contributed by atoms with Crippen LogP contribution in [0.1, 0.15) is 44.5 Å². The lowest BCUT2D eigenvalue weighted by Crippen LogP contribution is -2.42. The Bertz CT molecular complexity index is 937. The van der Waals surface area contributed by atoms with Crippen molar-refractivity contribution in [2.45, 2.75) is 34.1 Å². The molecule has 30 heavy (non-hydrogen) atoms. The van der Waals surface area contributed by atoms with Gasteiger partial charge in [-0.3, -0.25) is 9.59 Å². The van der Waals surface area contributed by atoms with Gasteiger partial charge in [-0.25, -0.2) is 0 Å². The lowest BCUT2D eigenvalue weighted by Gasteiger charge is -2.28. The normalized spacial score (nSPS) is 15.3. The molecule has 1 aliphatic rings. The number of methoxy groups -OCH3 is 1. The second-order valence-corrected chi connectivity index (χ2v) is 8.65. The van der Waals surface area contributed by atoms with Gasteiger partial charge in [0.05, 0.1) is 23.8 Å². The lowest BCUT2D eigenvalue weighted by molar-refractivity contribution is -0.127. The fraction of sp³-hybridized carbons (Fsp3) is 0.417. The minimum Gasteiger partial charge on any atom is -0.496 e. The molecule has 2 amide bonds. The van der Waals surface area contributed by atoms with Crippen molar-refractivity contribution >= 4 is 23.2 Å². The van der Waals surface area contributed by atoms with Gasteiger partial charge in [0.1, 0.15) is 18.1 Å². The van der Waals surface area contributed by atoms with E-state index in [-0.39, 0.29) is 18.4 Å². The van der Waals surface area contributed by atoms with Crippen LogP contribution in [0.4, 0.5) is 11.4 Å². The van der Waals surface area contributed by atoms with Crippen LogP contribution in [0.15, 0.2) is 42.5 Å². The van der Waals surface area contributed by atoms with E-state index in [1.54, 1.807) is 30.3 Å². The van der Waals surface area contributed by atoms with Gasteiger partial charge in [-0.2, -0.15) is 0 Å². The van der Waals surface area contributed by atoms with Crippen molar-refractivity contribution < 1.29 is 19.1 Å². The zero-order valence-electron chi connectivity index (χ0n) is 18.3. The summed E-state index contributed by atoms with van der Waals surface area (Å²) in [5.41, 5.74) is 1.16. The number of fused-ring (bicyclic) bond motifs is 1. The second kappa shape index (κ2) is 8.78. The number of rotatable bonds is 6. The minimum atomic E-state index is -0.628. The predicted octanol–water partition coefficient (Wildman–Crippen LogP) is 4.75. The zero-order valence-corrected chi connectivity index (χ0v) is 18.3. The summed E-state index contributed by atoms with van der Waals surface area (Å²) in [6, 6.07) is 12.5. The molecule has 6 nitrogen and oxygen atoms in total. The van der Waals surface area contributed by atoms with Crippen LogP contribution in [0.2, 0.25) is 0 Å². The number of ether oxygens (including phenoxy) is 2. The van der Waals surface area contributed by atoms with E-state index in [2.05, 4.69) is 19.2 Å². The Labute approximate surface area is 178 Å². The molecule has 0 aliphatic carbocycles. The molecule has 0 atom stereocenters. The number of anilines is 2. The van der Waals surface area contributed by atoms with E-state index in [0.29, 0.717) is 35.2 Å². The molecule has 6 heteroatoms. The largest absolute Gasteiger partial charge is 0.496 e. The molecule has 2 aromatic carbocycles. The van der Waals surface area contributed by atoms with E-state index in [1.807, 2.05) is 30.9 Å². The van der Waals surface area contributed by atoms with Gasteiger partial charge in [-0.1, -0.05) is 26.0 Å². The number of nitrogens with one attached hydrogen (secondary N) is 1. The number of carbonyl (C=O) groups is 2. The van der Waals surface area contributed by atoms with Crippen molar-refractivity contribution in [3.63, 3.8) is 0 Å². The number of nitrogens with zero attached hydrogens (tertiary/aromatic N) is 1. The number of hydrogen-bond acceptors (Lipinski definition) is 4. The fourth-order valence-electron chi connectivity index (χ4n) is 3.37. The van der Waals surface area contributed by atoms with E-state index < -0.39 is 5.41 Å². The first-order chi connectivity index (χ1) is 14.2. The standard InChI is InChI=1S/C24H30N2O4/c1-16(2)12-13-26-19-11-10-17(14-21(19)30-15-24(3,4)23(26)28)25-22(27)18-8-6-7-9-20(18)29-5/h6-11,14,16H,12-13,15H2,1-5H3,(H,25,27). The molecule has 0 radical (unpaired) electrons. The summed E-state index contributed by atoms with van der Waals surface area (Å²) in [4.78, 5) is 27.7. The summed E-state index contributed by atoms with van der Waals surface area (Å²) in [5.74, 6) is 1.36. The van der Waals surface area contributed by atoms with Gasteiger partial charge in [0.2, 0.25) is 5.91 Å². The molecule has 0 fully saturated rings. The number of carbonyl (C=O) groups excluding carboxylic acids is 2. The van der Waals surface area contributed by atoms with Gasteiger partial charge in [0, 0.05) is 18.3 Å². The quantitative estimate of drug-likeness (QED) is 0.747. The third-order valence-corrected chi connectivity index (χ3v) is 5.20. The van der Waals surface area contributed by atoms with Crippen molar-refractivity contribution in [1.82, 2.24) is 0 Å². The summed E-state index contributed by atoms with van der Waals surface area (Å²) >= 11 is 0. The van der Waals surface area contributed by atoms with Crippen molar-refractivity contribution in [2.24, 2.45) is 11.3 Å². The van der Waals surface area contributed by atoms with Crippen LogP contribution < -0.4 is 19.7 Å². The smallest absolute Gasteiger partial charge is 0.259 e. The van der Waals surface area contributed by atoms with Crippen LogP contribution >= 0.6 is 0 Å². The fourth-order valence-corrected chi connectivity index (χ4v) is 3.37. The zero-order chi connectivity index (χ0) is 21.9. The van der Waals surface area contributed by atoms with Gasteiger partial charge >= 0.3 is 0 Å². The Morgan fingerprint density at radius 3 is 2.67 bits per heavy atom. The van der Waals surface area contributed by atoms with E-state index in [1.165, 1.54) is 7.11 Å². The van der Waals surface area contributed by atoms with Crippen LogP contribution in [-0.2, 0) is 4.79 Å². The van der Waals surface area contributed by atoms with E-state index in [9.17, 15) is 9.59 Å². The summed E-state index contributed by atoms with van der Waals surface area (Å²) < 4.78 is 11.3. The topological polar surface area (TPSA) is 67.9 Å². The molecule has 0 spiro atoms. The van der Waals surface area contributed by atoms with Gasteiger partial charge in [-0.15, -0.1) is 0 Å². The number of hydrogen-bond donors (Lipinski definition) is 1. The van der Waals surface area contributed by atoms with Crippen molar-refractivity contribution in [3.05, 3.63) is 48.0 Å². The van der Waals surface area contributed by atoms with Crippen molar-refractivity contribution in [1.29, 1.82) is 0 Å². The number of benzene rings is 2. The highest BCUT2D eigenvalue weighted by molar-refractivity contribution is 6.06. The monoisotopic (exact) mass is 410 g/mol. The van der Waals surface area contributed by atoms with Crippen LogP contribution in [0, 0.1) is 11.3 Å². The Hall–Kier alpha value is -3.02. The van der Waals surface area contributed by atoms with Crippen LogP contribution in [0.5, 0.6) is 11.5 Å². The summed E-state index contributed by atoms with van der Waals surface area (Å²) in [6.45, 7) is 8.98. The Kier molecular flexibility index (Phi) is 6.34. The van der Waals surface area contributed by atoms with Gasteiger partial charge in [0.25, 0.3) is 5.91 Å². The lowest BCUT2D eigenvalue weighted by atomic mass is 9.92. The summed E-state index contributed by atoms with van der Waals surface area (Å²) in [6.07, 6.45) is 0.896. The van der Waals surface area contributed by atoms with Gasteiger partial charge < -0.3 is 19.7 Å². The van der Waals surface area contributed by atoms with Gasteiger partial charge in [0.15, 0.2) is 0 Å². The molecule has 1 heterocycles. The van der Waals surface area contributed by atoms with Crippen molar-refractivity contribution in [2.75, 3.05) is 30.5 Å². The molecule has 0 saturated carbocycles. The predicted molar refractivity (Wildman–Crippen MR) is 118 cm³/mol. The average molecular weight is 411 g/mol. The number of amides is 2. The maximum Gasteiger partial charge on any atom is 0.259 e. The first-order valence-electron chi connectivity index (χ1n) is 10.3. The highest BCUT2D eigenvalue weighted by atomic mass is 16.5. The van der Waals surface area contributed by atoms with Gasteiger partial charge in [-0.05, 0) is 50.5 Å². The molecule has 2 aromatic rings. The summed E-state index contributed by atoms with van der Waals surface area (Å²) in [7, 11) is 1.53. The molecule has 3 rings (SSSR count). The molecule has 0 saturated heterocycles. The highest BCUT2D eigenvalue weighted by Gasteiger charge is 2.37. The van der Waals surface area contributed by atoms with E-state index >= 15 is 0 Å². The molecule has 0 aromatic heterocycles. The Balaban J connectivity index is 1.89. The molecule has 160 valence electrons. The third-order valence-electron chi connectivity index (χ3n) is 5.20. The van der Waals surface area contributed by atoms with Crippen LogP contribution in [0.25, 0.3) is 0 Å². The maximum absolute atomic E-state index is 13.1. The molecular weight excluding hydrogens is 380 g/mol. The molecule has 0 bridgehead atoms.